The van der Waals surface area contributed by atoms with Crippen LogP contribution >= 0.6 is 0 Å². The number of nitrogens with zero attached hydrogens (tertiary/aromatic N) is 2. The Labute approximate surface area is 193 Å². The molecule has 0 aliphatic heterocycles. The van der Waals surface area contributed by atoms with E-state index in [1.54, 1.807) is 30.5 Å². The van der Waals surface area contributed by atoms with Crippen molar-refractivity contribution in [1.29, 1.82) is 0 Å². The van der Waals surface area contributed by atoms with Crippen LogP contribution in [0.15, 0.2) is 54.7 Å². The van der Waals surface area contributed by atoms with Gasteiger partial charge in [0.25, 0.3) is 0 Å². The standard InChI is InChI=1S/C24H22F3N3O4/c1-2-33-20-8-7-19(30-22(20)17-11-18(17)23(31)32)15-6-9-21(29-13-15)28-12-14-4-3-5-16(10-14)34-24(25,26)27/h3-10,13,17-18H,2,11-12H2,1H3,(H,28,29)(H,31,32)/t17-,18-/m0/s1. The Morgan fingerprint density at radius 2 is 2.03 bits per heavy atom. The molecule has 1 saturated carbocycles. The van der Waals surface area contributed by atoms with Gasteiger partial charge in [-0.25, -0.2) is 9.97 Å². The maximum atomic E-state index is 12.4. The number of anilines is 1. The smallest absolute Gasteiger partial charge is 0.492 e. The van der Waals surface area contributed by atoms with Crippen molar-refractivity contribution >= 4 is 11.8 Å². The number of carboxylic acids is 1. The summed E-state index contributed by atoms with van der Waals surface area (Å²) in [6.07, 6.45) is -2.59. The Kier molecular flexibility index (Phi) is 6.58. The number of pyridine rings is 2. The first-order valence-electron chi connectivity index (χ1n) is 10.6. The summed E-state index contributed by atoms with van der Waals surface area (Å²) in [5.41, 5.74) is 2.62. The van der Waals surface area contributed by atoms with E-state index in [-0.39, 0.29) is 18.2 Å². The number of benzene rings is 1. The summed E-state index contributed by atoms with van der Waals surface area (Å²) in [7, 11) is 0. The number of alkyl halides is 3. The minimum Gasteiger partial charge on any atom is -0.492 e. The number of ether oxygens (including phenoxy) is 2. The van der Waals surface area contributed by atoms with E-state index in [4.69, 9.17) is 4.74 Å². The highest BCUT2D eigenvalue weighted by Gasteiger charge is 2.46. The third kappa shape index (κ3) is 5.75. The zero-order valence-electron chi connectivity index (χ0n) is 18.2. The minimum absolute atomic E-state index is 0.176. The largest absolute Gasteiger partial charge is 0.573 e. The fourth-order valence-corrected chi connectivity index (χ4v) is 3.63. The number of aromatic nitrogens is 2. The van der Waals surface area contributed by atoms with Gasteiger partial charge in [0.05, 0.1) is 23.9 Å². The lowest BCUT2D eigenvalue weighted by atomic mass is 10.1. The number of hydrogen-bond donors (Lipinski definition) is 2. The number of aliphatic carboxylic acids is 1. The number of halogens is 3. The second-order valence-corrected chi connectivity index (χ2v) is 7.78. The number of carbonyl (C=O) groups is 1. The molecule has 2 N–H and O–H groups in total. The van der Waals surface area contributed by atoms with Crippen molar-refractivity contribution in [2.75, 3.05) is 11.9 Å². The van der Waals surface area contributed by atoms with Crippen LogP contribution in [0.5, 0.6) is 11.5 Å². The van der Waals surface area contributed by atoms with E-state index in [1.807, 2.05) is 13.0 Å². The Morgan fingerprint density at radius 3 is 2.68 bits per heavy atom. The van der Waals surface area contributed by atoms with Gasteiger partial charge in [-0.1, -0.05) is 12.1 Å². The monoisotopic (exact) mass is 473 g/mol. The maximum Gasteiger partial charge on any atom is 0.573 e. The number of rotatable bonds is 9. The molecule has 0 amide bonds. The lowest BCUT2D eigenvalue weighted by Gasteiger charge is -2.12. The Morgan fingerprint density at radius 1 is 1.21 bits per heavy atom. The van der Waals surface area contributed by atoms with E-state index >= 15 is 0 Å². The lowest BCUT2D eigenvalue weighted by Crippen LogP contribution is -2.17. The molecule has 34 heavy (non-hydrogen) atoms. The second-order valence-electron chi connectivity index (χ2n) is 7.78. The van der Waals surface area contributed by atoms with Gasteiger partial charge in [-0.05, 0) is 55.3 Å². The Bertz CT molecular complexity index is 1170. The highest BCUT2D eigenvalue weighted by Crippen LogP contribution is 2.50. The van der Waals surface area contributed by atoms with E-state index in [0.29, 0.717) is 41.5 Å². The molecule has 2 aromatic heterocycles. The van der Waals surface area contributed by atoms with E-state index in [2.05, 4.69) is 20.0 Å². The first kappa shape index (κ1) is 23.3. The van der Waals surface area contributed by atoms with Crippen molar-refractivity contribution in [3.8, 4) is 22.8 Å². The van der Waals surface area contributed by atoms with Crippen molar-refractivity contribution in [2.24, 2.45) is 5.92 Å². The van der Waals surface area contributed by atoms with E-state index in [9.17, 15) is 23.1 Å². The summed E-state index contributed by atoms with van der Waals surface area (Å²) in [5.74, 6) is -0.634. The van der Waals surface area contributed by atoms with E-state index in [0.717, 1.165) is 5.56 Å². The molecule has 4 rings (SSSR count). The fourth-order valence-electron chi connectivity index (χ4n) is 3.63. The molecule has 0 unspecified atom stereocenters. The lowest BCUT2D eigenvalue weighted by molar-refractivity contribution is -0.274. The average Bonchev–Trinajstić information content (AvgIpc) is 3.59. The van der Waals surface area contributed by atoms with Crippen molar-refractivity contribution < 1.29 is 32.5 Å². The van der Waals surface area contributed by atoms with Crippen LogP contribution in [-0.4, -0.2) is 34.0 Å². The average molecular weight is 473 g/mol. The Hall–Kier alpha value is -3.82. The van der Waals surface area contributed by atoms with Gasteiger partial charge in [0.1, 0.15) is 17.3 Å². The molecule has 1 aliphatic carbocycles. The Balaban J connectivity index is 1.45. The van der Waals surface area contributed by atoms with Gasteiger partial charge in [-0.15, -0.1) is 13.2 Å². The number of nitrogens with one attached hydrogen (secondary N) is 1. The van der Waals surface area contributed by atoms with Gasteiger partial charge in [-0.2, -0.15) is 0 Å². The van der Waals surface area contributed by atoms with Crippen LogP contribution in [-0.2, 0) is 11.3 Å². The topological polar surface area (TPSA) is 93.6 Å². The summed E-state index contributed by atoms with van der Waals surface area (Å²) < 4.78 is 46.8. The third-order valence-corrected chi connectivity index (χ3v) is 5.31. The van der Waals surface area contributed by atoms with Crippen LogP contribution in [0.25, 0.3) is 11.3 Å². The third-order valence-electron chi connectivity index (χ3n) is 5.31. The molecule has 7 nitrogen and oxygen atoms in total. The van der Waals surface area contributed by atoms with Gasteiger partial charge in [-0.3, -0.25) is 4.79 Å². The number of carboxylic acid groups (broad SMARTS) is 1. The molecule has 178 valence electrons. The second kappa shape index (κ2) is 9.58. The van der Waals surface area contributed by atoms with Crippen molar-refractivity contribution in [1.82, 2.24) is 9.97 Å². The molecule has 0 radical (unpaired) electrons. The highest BCUT2D eigenvalue weighted by molar-refractivity contribution is 5.75. The van der Waals surface area contributed by atoms with Gasteiger partial charge < -0.3 is 19.9 Å². The summed E-state index contributed by atoms with van der Waals surface area (Å²) in [4.78, 5) is 20.3. The van der Waals surface area contributed by atoms with Crippen molar-refractivity contribution in [3.63, 3.8) is 0 Å². The molecule has 0 bridgehead atoms. The van der Waals surface area contributed by atoms with Gasteiger partial charge in [0.2, 0.25) is 0 Å². The summed E-state index contributed by atoms with van der Waals surface area (Å²) in [6, 6.07) is 12.8. The van der Waals surface area contributed by atoms with E-state index < -0.39 is 18.2 Å². The summed E-state index contributed by atoms with van der Waals surface area (Å²) in [5, 5.41) is 12.3. The first-order chi connectivity index (χ1) is 16.2. The van der Waals surface area contributed by atoms with Crippen LogP contribution in [0.2, 0.25) is 0 Å². The van der Waals surface area contributed by atoms with Crippen LogP contribution in [0.3, 0.4) is 0 Å². The predicted molar refractivity (Wildman–Crippen MR) is 118 cm³/mol. The molecule has 1 fully saturated rings. The van der Waals surface area contributed by atoms with Crippen molar-refractivity contribution in [3.05, 3.63) is 66.0 Å². The quantitative estimate of drug-likeness (QED) is 0.439. The molecule has 1 aliphatic rings. The molecule has 1 aromatic carbocycles. The zero-order valence-corrected chi connectivity index (χ0v) is 18.2. The molecule has 0 saturated heterocycles. The van der Waals surface area contributed by atoms with Crippen LogP contribution in [0, 0.1) is 5.92 Å². The maximum absolute atomic E-state index is 12.4. The van der Waals surface area contributed by atoms with Crippen LogP contribution in [0.1, 0.15) is 30.5 Å². The minimum atomic E-state index is -4.74. The molecule has 2 heterocycles. The SMILES string of the molecule is CCOc1ccc(-c2ccc(NCc3cccc(OC(F)(F)F)c3)nc2)nc1[C@H]1C[C@@H]1C(=O)O. The predicted octanol–water partition coefficient (Wildman–Crippen LogP) is 5.24. The summed E-state index contributed by atoms with van der Waals surface area (Å²) in [6.45, 7) is 2.56. The molecule has 2 atom stereocenters. The first-order valence-corrected chi connectivity index (χ1v) is 10.6. The summed E-state index contributed by atoms with van der Waals surface area (Å²) >= 11 is 0. The highest BCUT2D eigenvalue weighted by atomic mass is 19.4. The molecule has 10 heteroatoms. The fraction of sp³-hybridized carbons (Fsp3) is 0.292. The van der Waals surface area contributed by atoms with E-state index in [1.165, 1.54) is 18.2 Å². The normalized spacial score (nSPS) is 17.2. The zero-order chi connectivity index (χ0) is 24.3. The molecular formula is C24H22F3N3O4. The van der Waals surface area contributed by atoms with Crippen LogP contribution in [0.4, 0.5) is 19.0 Å². The van der Waals surface area contributed by atoms with Crippen molar-refractivity contribution in [2.45, 2.75) is 32.2 Å². The van der Waals surface area contributed by atoms with Gasteiger partial charge >= 0.3 is 12.3 Å². The van der Waals surface area contributed by atoms with Crippen LogP contribution < -0.4 is 14.8 Å². The van der Waals surface area contributed by atoms with Gasteiger partial charge in [0.15, 0.2) is 0 Å². The number of hydrogen-bond acceptors (Lipinski definition) is 6. The molecule has 0 spiro atoms. The molecular weight excluding hydrogens is 451 g/mol. The molecule has 3 aromatic rings. The van der Waals surface area contributed by atoms with Gasteiger partial charge in [0, 0.05) is 24.2 Å².